The van der Waals surface area contributed by atoms with Gasteiger partial charge in [0.25, 0.3) is 0 Å². The zero-order chi connectivity index (χ0) is 11.5. The number of hydrogen-bond donors (Lipinski definition) is 1. The summed E-state index contributed by atoms with van der Waals surface area (Å²) in [5.41, 5.74) is 0.828. The van der Waals surface area contributed by atoms with Crippen LogP contribution in [0.3, 0.4) is 0 Å². The summed E-state index contributed by atoms with van der Waals surface area (Å²) in [6, 6.07) is 6.45. The normalized spacial score (nSPS) is 11.6. The lowest BCUT2D eigenvalue weighted by Crippen LogP contribution is -2.25. The number of halogens is 2. The third-order valence-corrected chi connectivity index (χ3v) is 1.60. The van der Waals surface area contributed by atoms with E-state index >= 15 is 0 Å². The van der Waals surface area contributed by atoms with E-state index < -0.39 is 6.61 Å². The SMILES string of the molecule is CC(C)(C)Nc1ccc(OC(F)F)cc1. The van der Waals surface area contributed by atoms with Crippen molar-refractivity contribution in [2.45, 2.75) is 32.9 Å². The van der Waals surface area contributed by atoms with E-state index in [0.29, 0.717) is 0 Å². The standard InChI is InChI=1S/C11H15F2NO/c1-11(2,3)14-8-4-6-9(7-5-8)15-10(12)13/h4-7,10,14H,1-3H3. The van der Waals surface area contributed by atoms with Crippen LogP contribution >= 0.6 is 0 Å². The van der Waals surface area contributed by atoms with Crippen LogP contribution in [0, 0.1) is 0 Å². The molecule has 15 heavy (non-hydrogen) atoms. The van der Waals surface area contributed by atoms with Crippen LogP contribution in [-0.2, 0) is 0 Å². The maximum atomic E-state index is 11.9. The number of benzene rings is 1. The quantitative estimate of drug-likeness (QED) is 0.833. The molecule has 0 aliphatic rings. The molecule has 0 aliphatic heterocycles. The first kappa shape index (κ1) is 11.8. The van der Waals surface area contributed by atoms with Gasteiger partial charge >= 0.3 is 6.61 Å². The fraction of sp³-hybridized carbons (Fsp3) is 0.455. The fourth-order valence-electron chi connectivity index (χ4n) is 1.15. The minimum atomic E-state index is -2.77. The highest BCUT2D eigenvalue weighted by Gasteiger charge is 2.09. The van der Waals surface area contributed by atoms with Gasteiger partial charge in [-0.2, -0.15) is 8.78 Å². The molecular formula is C11H15F2NO. The van der Waals surface area contributed by atoms with Gasteiger partial charge in [-0.15, -0.1) is 0 Å². The minimum Gasteiger partial charge on any atom is -0.435 e. The summed E-state index contributed by atoms with van der Waals surface area (Å²) in [4.78, 5) is 0. The lowest BCUT2D eigenvalue weighted by Gasteiger charge is -2.22. The molecule has 0 unspecified atom stereocenters. The van der Waals surface area contributed by atoms with Gasteiger partial charge in [0.05, 0.1) is 0 Å². The van der Waals surface area contributed by atoms with Gasteiger partial charge in [0.2, 0.25) is 0 Å². The average molecular weight is 215 g/mol. The van der Waals surface area contributed by atoms with Crippen molar-refractivity contribution in [3.63, 3.8) is 0 Å². The molecule has 0 fully saturated rings. The molecule has 0 spiro atoms. The Morgan fingerprint density at radius 3 is 2.07 bits per heavy atom. The molecule has 0 aliphatic carbocycles. The van der Waals surface area contributed by atoms with E-state index in [-0.39, 0.29) is 11.3 Å². The topological polar surface area (TPSA) is 21.3 Å². The van der Waals surface area contributed by atoms with Gasteiger partial charge in [0, 0.05) is 11.2 Å². The third-order valence-electron chi connectivity index (χ3n) is 1.60. The molecule has 0 amide bonds. The molecule has 0 aromatic heterocycles. The summed E-state index contributed by atoms with van der Waals surface area (Å²) in [7, 11) is 0. The Morgan fingerprint density at radius 1 is 1.13 bits per heavy atom. The van der Waals surface area contributed by atoms with E-state index in [0.717, 1.165) is 5.69 Å². The molecule has 0 saturated heterocycles. The molecule has 0 bridgehead atoms. The van der Waals surface area contributed by atoms with Crippen LogP contribution in [0.15, 0.2) is 24.3 Å². The Labute approximate surface area is 88.3 Å². The average Bonchev–Trinajstić information content (AvgIpc) is 2.05. The second kappa shape index (κ2) is 4.47. The highest BCUT2D eigenvalue weighted by molar-refractivity contribution is 5.47. The number of hydrogen-bond acceptors (Lipinski definition) is 2. The number of nitrogens with one attached hydrogen (secondary N) is 1. The van der Waals surface area contributed by atoms with E-state index in [1.54, 1.807) is 12.1 Å². The molecule has 1 aromatic carbocycles. The number of ether oxygens (including phenoxy) is 1. The van der Waals surface area contributed by atoms with Gasteiger partial charge in [0.15, 0.2) is 0 Å². The van der Waals surface area contributed by atoms with Crippen molar-refractivity contribution in [2.24, 2.45) is 0 Å². The molecule has 1 aromatic rings. The van der Waals surface area contributed by atoms with Crippen LogP contribution in [0.1, 0.15) is 20.8 Å². The first-order valence-electron chi connectivity index (χ1n) is 4.70. The van der Waals surface area contributed by atoms with E-state index in [9.17, 15) is 8.78 Å². The molecule has 1 N–H and O–H groups in total. The summed E-state index contributed by atoms with van der Waals surface area (Å²) in [5, 5.41) is 3.22. The Morgan fingerprint density at radius 2 is 1.67 bits per heavy atom. The summed E-state index contributed by atoms with van der Waals surface area (Å²) >= 11 is 0. The van der Waals surface area contributed by atoms with Crippen molar-refractivity contribution in [2.75, 3.05) is 5.32 Å². The molecule has 0 radical (unpaired) electrons. The van der Waals surface area contributed by atoms with Crippen LogP contribution in [0.4, 0.5) is 14.5 Å². The monoisotopic (exact) mass is 215 g/mol. The Kier molecular flexibility index (Phi) is 3.50. The summed E-state index contributed by atoms with van der Waals surface area (Å²) < 4.78 is 27.9. The van der Waals surface area contributed by atoms with Crippen molar-refractivity contribution in [1.29, 1.82) is 0 Å². The Bertz CT molecular complexity index is 303. The smallest absolute Gasteiger partial charge is 0.387 e. The lowest BCUT2D eigenvalue weighted by molar-refractivity contribution is -0.0498. The third kappa shape index (κ3) is 4.63. The zero-order valence-corrected chi connectivity index (χ0v) is 9.05. The first-order chi connectivity index (χ1) is 6.87. The van der Waals surface area contributed by atoms with Gasteiger partial charge in [0.1, 0.15) is 5.75 Å². The van der Waals surface area contributed by atoms with Crippen molar-refractivity contribution < 1.29 is 13.5 Å². The van der Waals surface area contributed by atoms with E-state index in [2.05, 4.69) is 10.1 Å². The second-order valence-electron chi connectivity index (χ2n) is 4.28. The highest BCUT2D eigenvalue weighted by atomic mass is 19.3. The Balaban J connectivity index is 2.64. The highest BCUT2D eigenvalue weighted by Crippen LogP contribution is 2.20. The molecule has 0 saturated carbocycles. The van der Waals surface area contributed by atoms with E-state index in [4.69, 9.17) is 0 Å². The van der Waals surface area contributed by atoms with Crippen LogP contribution in [-0.4, -0.2) is 12.2 Å². The van der Waals surface area contributed by atoms with Gasteiger partial charge in [-0.1, -0.05) is 0 Å². The molecule has 1 rings (SSSR count). The van der Waals surface area contributed by atoms with Crippen LogP contribution in [0.2, 0.25) is 0 Å². The van der Waals surface area contributed by atoms with Crippen molar-refractivity contribution >= 4 is 5.69 Å². The summed E-state index contributed by atoms with van der Waals surface area (Å²) in [6.45, 7) is 3.30. The Hall–Kier alpha value is -1.32. The molecule has 0 atom stereocenters. The van der Waals surface area contributed by atoms with Gasteiger partial charge in [-0.25, -0.2) is 0 Å². The fourth-order valence-corrected chi connectivity index (χ4v) is 1.15. The van der Waals surface area contributed by atoms with Crippen LogP contribution in [0.25, 0.3) is 0 Å². The molecule has 4 heteroatoms. The zero-order valence-electron chi connectivity index (χ0n) is 9.05. The largest absolute Gasteiger partial charge is 0.435 e. The number of anilines is 1. The summed E-state index contributed by atoms with van der Waals surface area (Å²) in [6.07, 6.45) is 0. The van der Waals surface area contributed by atoms with E-state index in [1.807, 2.05) is 20.8 Å². The predicted molar refractivity (Wildman–Crippen MR) is 56.4 cm³/mol. The van der Waals surface area contributed by atoms with Gasteiger partial charge in [-0.3, -0.25) is 0 Å². The molecular weight excluding hydrogens is 200 g/mol. The van der Waals surface area contributed by atoms with Crippen LogP contribution in [0.5, 0.6) is 5.75 Å². The van der Waals surface area contributed by atoms with Crippen molar-refractivity contribution in [3.05, 3.63) is 24.3 Å². The van der Waals surface area contributed by atoms with Gasteiger partial charge in [-0.05, 0) is 45.0 Å². The number of rotatable bonds is 3. The van der Waals surface area contributed by atoms with E-state index in [1.165, 1.54) is 12.1 Å². The van der Waals surface area contributed by atoms with Gasteiger partial charge < -0.3 is 10.1 Å². The molecule has 2 nitrogen and oxygen atoms in total. The maximum Gasteiger partial charge on any atom is 0.387 e. The molecule has 0 heterocycles. The summed E-state index contributed by atoms with van der Waals surface area (Å²) in [5.74, 6) is 0.171. The number of alkyl halides is 2. The minimum absolute atomic E-state index is 0.0505. The first-order valence-corrected chi connectivity index (χ1v) is 4.70. The predicted octanol–water partition coefficient (Wildman–Crippen LogP) is 3.50. The van der Waals surface area contributed by atoms with Crippen molar-refractivity contribution in [3.8, 4) is 5.75 Å². The molecule has 84 valence electrons. The lowest BCUT2D eigenvalue weighted by atomic mass is 10.1. The van der Waals surface area contributed by atoms with Crippen molar-refractivity contribution in [1.82, 2.24) is 0 Å². The van der Waals surface area contributed by atoms with Crippen LogP contribution < -0.4 is 10.1 Å². The maximum absolute atomic E-state index is 11.9. The second-order valence-corrected chi connectivity index (χ2v) is 4.28.